The molecule has 5 rings (SSSR count). The molecule has 2 heterocycles. The third kappa shape index (κ3) is 3.47. The van der Waals surface area contributed by atoms with E-state index in [1.165, 1.54) is 12.1 Å². The zero-order chi connectivity index (χ0) is 21.0. The molecule has 2 N–H and O–H groups in total. The highest BCUT2D eigenvalue weighted by Crippen LogP contribution is 2.48. The Labute approximate surface area is 173 Å². The van der Waals surface area contributed by atoms with E-state index in [1.807, 2.05) is 19.2 Å². The zero-order valence-corrected chi connectivity index (χ0v) is 17.3. The van der Waals surface area contributed by atoms with Gasteiger partial charge in [-0.15, -0.1) is 0 Å². The molecule has 0 radical (unpaired) electrons. The molecule has 1 saturated carbocycles. The summed E-state index contributed by atoms with van der Waals surface area (Å²) < 4.78 is 46.1. The van der Waals surface area contributed by atoms with Gasteiger partial charge in [0.2, 0.25) is 10.0 Å². The van der Waals surface area contributed by atoms with Gasteiger partial charge in [-0.2, -0.15) is 0 Å². The first-order valence-electron chi connectivity index (χ1n) is 9.65. The van der Waals surface area contributed by atoms with Gasteiger partial charge in [-0.3, -0.25) is 4.72 Å². The van der Waals surface area contributed by atoms with E-state index in [1.54, 1.807) is 18.2 Å². The van der Waals surface area contributed by atoms with Gasteiger partial charge in [0.15, 0.2) is 0 Å². The Hall–Kier alpha value is -3.13. The Morgan fingerprint density at radius 1 is 1.20 bits per heavy atom. The third-order valence-electron chi connectivity index (χ3n) is 5.22. The maximum absolute atomic E-state index is 13.5. The van der Waals surface area contributed by atoms with Crippen molar-refractivity contribution in [1.29, 1.82) is 0 Å². The molecule has 30 heavy (non-hydrogen) atoms. The van der Waals surface area contributed by atoms with Crippen molar-refractivity contribution in [2.45, 2.75) is 25.7 Å². The second-order valence-corrected chi connectivity index (χ2v) is 9.54. The molecule has 0 atom stereocenters. The molecule has 0 amide bonds. The van der Waals surface area contributed by atoms with E-state index >= 15 is 0 Å². The van der Waals surface area contributed by atoms with Gasteiger partial charge in [0.1, 0.15) is 23.0 Å². The monoisotopic (exact) mass is 425 g/mol. The first-order valence-corrected chi connectivity index (χ1v) is 11.5. The van der Waals surface area contributed by atoms with Crippen LogP contribution in [0.15, 0.2) is 47.0 Å². The molecule has 0 unspecified atom stereocenters. The fourth-order valence-electron chi connectivity index (χ4n) is 3.76. The van der Waals surface area contributed by atoms with Crippen LogP contribution in [0, 0.1) is 12.7 Å². The van der Waals surface area contributed by atoms with Crippen LogP contribution in [0.2, 0.25) is 0 Å². The smallest absolute Gasteiger partial charge is 0.229 e. The molecule has 6 nitrogen and oxygen atoms in total. The normalized spacial score (nSPS) is 14.4. The Morgan fingerprint density at radius 3 is 2.53 bits per heavy atom. The van der Waals surface area contributed by atoms with Crippen LogP contribution in [0.25, 0.3) is 33.7 Å². The number of aromatic amines is 1. The molecule has 2 aromatic heterocycles. The molecule has 0 aliphatic heterocycles. The Bertz CT molecular complexity index is 1370. The van der Waals surface area contributed by atoms with Crippen molar-refractivity contribution in [3.05, 3.63) is 59.7 Å². The summed E-state index contributed by atoms with van der Waals surface area (Å²) in [6.45, 7) is 1.89. The number of sulfonamides is 1. The van der Waals surface area contributed by atoms with E-state index in [2.05, 4.69) is 14.7 Å². The number of aryl methyl sites for hydroxylation is 1. The lowest BCUT2D eigenvalue weighted by molar-refractivity contribution is 0.606. The number of anilines is 1. The van der Waals surface area contributed by atoms with Gasteiger partial charge < -0.3 is 9.40 Å². The van der Waals surface area contributed by atoms with Crippen molar-refractivity contribution in [3.63, 3.8) is 0 Å². The summed E-state index contributed by atoms with van der Waals surface area (Å²) in [7, 11) is -3.43. The molecule has 0 spiro atoms. The lowest BCUT2D eigenvalue weighted by Crippen LogP contribution is -2.11. The van der Waals surface area contributed by atoms with Crippen LogP contribution in [0.5, 0.6) is 0 Å². The topological polar surface area (TPSA) is 88.0 Å². The number of halogens is 1. The van der Waals surface area contributed by atoms with Crippen LogP contribution in [0.4, 0.5) is 10.1 Å². The number of aromatic nitrogens is 2. The van der Waals surface area contributed by atoms with E-state index in [0.29, 0.717) is 34.3 Å². The van der Waals surface area contributed by atoms with Crippen LogP contribution in [0.1, 0.15) is 30.0 Å². The van der Waals surface area contributed by atoms with Gasteiger partial charge in [0.25, 0.3) is 0 Å². The average Bonchev–Trinajstić information content (AvgIpc) is 3.33. The molecule has 2 aromatic carbocycles. The highest BCUT2D eigenvalue weighted by molar-refractivity contribution is 7.92. The van der Waals surface area contributed by atoms with E-state index in [0.717, 1.165) is 41.3 Å². The summed E-state index contributed by atoms with van der Waals surface area (Å²) >= 11 is 0. The van der Waals surface area contributed by atoms with Crippen molar-refractivity contribution < 1.29 is 17.2 Å². The van der Waals surface area contributed by atoms with E-state index in [-0.39, 0.29) is 5.82 Å². The van der Waals surface area contributed by atoms with Crippen molar-refractivity contribution in [3.8, 4) is 22.7 Å². The van der Waals surface area contributed by atoms with Crippen LogP contribution in [-0.4, -0.2) is 24.6 Å². The summed E-state index contributed by atoms with van der Waals surface area (Å²) in [6, 6.07) is 9.80. The summed E-state index contributed by atoms with van der Waals surface area (Å²) in [6.07, 6.45) is 4.98. The first kappa shape index (κ1) is 18.9. The van der Waals surface area contributed by atoms with Gasteiger partial charge in [0.05, 0.1) is 23.2 Å². The van der Waals surface area contributed by atoms with Crippen LogP contribution >= 0.6 is 0 Å². The minimum absolute atomic E-state index is 0.314. The molecule has 4 aromatic rings. The zero-order valence-electron chi connectivity index (χ0n) is 16.5. The molecule has 154 valence electrons. The highest BCUT2D eigenvalue weighted by atomic mass is 32.2. The number of furan rings is 1. The molecule has 0 bridgehead atoms. The number of rotatable bonds is 5. The van der Waals surface area contributed by atoms with Crippen LogP contribution in [-0.2, 0) is 10.0 Å². The van der Waals surface area contributed by atoms with Crippen molar-refractivity contribution in [2.75, 3.05) is 11.0 Å². The molecule has 0 saturated heterocycles. The first-order chi connectivity index (χ1) is 14.3. The van der Waals surface area contributed by atoms with Gasteiger partial charge in [0, 0.05) is 23.2 Å². The molecular formula is C22H20FN3O3S. The van der Waals surface area contributed by atoms with E-state index < -0.39 is 10.0 Å². The lowest BCUT2D eigenvalue weighted by Gasteiger charge is -2.10. The number of imidazole rings is 1. The van der Waals surface area contributed by atoms with E-state index in [4.69, 9.17) is 4.42 Å². The molecule has 1 fully saturated rings. The van der Waals surface area contributed by atoms with Crippen LogP contribution < -0.4 is 4.72 Å². The SMILES string of the molecule is Cc1c[nH]c(-c2c(-c3ccc(F)cc3)oc3cc(NS(C)(=O)=O)c(C4CC4)cc23)n1. The second kappa shape index (κ2) is 6.70. The largest absolute Gasteiger partial charge is 0.455 e. The standard InChI is InChI=1S/C22H20FN3O3S/c1-12-11-24-22(25-12)20-17-9-16(13-3-4-13)18(26-30(2,27)28)10-19(17)29-21(20)14-5-7-15(23)8-6-14/h5-11,13,26H,3-4H2,1-2H3,(H,24,25). The number of hydrogen-bond donors (Lipinski definition) is 2. The average molecular weight is 425 g/mol. The van der Waals surface area contributed by atoms with Gasteiger partial charge in [-0.25, -0.2) is 17.8 Å². The van der Waals surface area contributed by atoms with Gasteiger partial charge in [-0.1, -0.05) is 0 Å². The van der Waals surface area contributed by atoms with Crippen molar-refractivity contribution >= 4 is 26.7 Å². The lowest BCUT2D eigenvalue weighted by atomic mass is 10.0. The van der Waals surface area contributed by atoms with Gasteiger partial charge >= 0.3 is 0 Å². The number of fused-ring (bicyclic) bond motifs is 1. The summed E-state index contributed by atoms with van der Waals surface area (Å²) in [5.74, 6) is 1.18. The van der Waals surface area contributed by atoms with Crippen molar-refractivity contribution in [2.24, 2.45) is 0 Å². The van der Waals surface area contributed by atoms with E-state index in [9.17, 15) is 12.8 Å². The molecule has 8 heteroatoms. The third-order valence-corrected chi connectivity index (χ3v) is 5.81. The highest BCUT2D eigenvalue weighted by Gasteiger charge is 2.30. The number of nitrogens with zero attached hydrogens (tertiary/aromatic N) is 1. The Kier molecular flexibility index (Phi) is 4.21. The Morgan fingerprint density at radius 2 is 1.93 bits per heavy atom. The predicted octanol–water partition coefficient (Wildman–Crippen LogP) is 5.19. The number of H-pyrrole nitrogens is 1. The summed E-state index contributed by atoms with van der Waals surface area (Å²) in [4.78, 5) is 7.76. The quantitative estimate of drug-likeness (QED) is 0.461. The number of benzene rings is 2. The fourth-order valence-corrected chi connectivity index (χ4v) is 4.34. The summed E-state index contributed by atoms with van der Waals surface area (Å²) in [5.41, 5.74) is 4.34. The maximum atomic E-state index is 13.5. The molecule has 1 aliphatic carbocycles. The second-order valence-electron chi connectivity index (χ2n) is 7.79. The number of hydrogen-bond acceptors (Lipinski definition) is 4. The van der Waals surface area contributed by atoms with Crippen LogP contribution in [0.3, 0.4) is 0 Å². The number of nitrogens with one attached hydrogen (secondary N) is 2. The fraction of sp³-hybridized carbons (Fsp3) is 0.227. The van der Waals surface area contributed by atoms with Crippen molar-refractivity contribution in [1.82, 2.24) is 9.97 Å². The summed E-state index contributed by atoms with van der Waals surface area (Å²) in [5, 5.41) is 0.838. The minimum Gasteiger partial charge on any atom is -0.455 e. The minimum atomic E-state index is -3.43. The molecule has 1 aliphatic rings. The molecular weight excluding hydrogens is 405 g/mol. The Balaban J connectivity index is 1.79. The maximum Gasteiger partial charge on any atom is 0.229 e. The van der Waals surface area contributed by atoms with Gasteiger partial charge in [-0.05, 0) is 61.6 Å². The predicted molar refractivity (Wildman–Crippen MR) is 114 cm³/mol.